The minimum Gasteiger partial charge on any atom is -0.468 e. The fraction of sp³-hybridized carbons (Fsp3) is 0.222. The molecular weight excluding hydrogens is 424 g/mol. The number of sulfonamides is 1. The van der Waals surface area contributed by atoms with Gasteiger partial charge in [0.25, 0.3) is 10.0 Å². The van der Waals surface area contributed by atoms with Gasteiger partial charge in [0.2, 0.25) is 5.91 Å². The van der Waals surface area contributed by atoms with Crippen LogP contribution in [0.4, 0.5) is 11.4 Å². The summed E-state index contributed by atoms with van der Waals surface area (Å²) in [5.41, 5.74) is 0.739. The Bertz CT molecular complexity index is 933. The van der Waals surface area contributed by atoms with Gasteiger partial charge in [-0.2, -0.15) is 0 Å². The van der Waals surface area contributed by atoms with Crippen molar-refractivity contribution in [2.75, 3.05) is 28.7 Å². The molecule has 2 aromatic rings. The van der Waals surface area contributed by atoms with E-state index in [0.29, 0.717) is 22.2 Å². The molecule has 0 spiro atoms. The lowest BCUT2D eigenvalue weighted by molar-refractivity contribution is -0.137. The van der Waals surface area contributed by atoms with E-state index in [0.717, 1.165) is 0 Å². The molecule has 10 heteroatoms. The number of anilines is 2. The van der Waals surface area contributed by atoms with E-state index in [-0.39, 0.29) is 28.9 Å². The molecule has 2 aromatic carbocycles. The third-order valence-corrected chi connectivity index (χ3v) is 6.01. The number of nitrogens with one attached hydrogen (secondary N) is 2. The summed E-state index contributed by atoms with van der Waals surface area (Å²) in [6.07, 6.45) is 0.182. The second-order valence-corrected chi connectivity index (χ2v) is 8.79. The van der Waals surface area contributed by atoms with E-state index < -0.39 is 10.0 Å². The van der Waals surface area contributed by atoms with Crippen molar-refractivity contribution < 1.29 is 22.7 Å². The van der Waals surface area contributed by atoms with Crippen molar-refractivity contribution in [3.63, 3.8) is 0 Å². The van der Waals surface area contributed by atoms with Crippen molar-refractivity contribution in [1.29, 1.82) is 0 Å². The summed E-state index contributed by atoms with van der Waals surface area (Å²) in [7, 11) is -2.51. The quantitative estimate of drug-likeness (QED) is 0.456. The summed E-state index contributed by atoms with van der Waals surface area (Å²) in [6, 6.07) is 12.2. The van der Waals surface area contributed by atoms with Gasteiger partial charge < -0.3 is 10.1 Å². The van der Waals surface area contributed by atoms with Crippen LogP contribution in [-0.2, 0) is 24.3 Å². The Balaban J connectivity index is 1.96. The van der Waals surface area contributed by atoms with Gasteiger partial charge in [-0.3, -0.25) is 14.3 Å². The molecule has 0 radical (unpaired) electrons. The van der Waals surface area contributed by atoms with Gasteiger partial charge in [0, 0.05) is 28.6 Å². The van der Waals surface area contributed by atoms with E-state index in [4.69, 9.17) is 11.6 Å². The van der Waals surface area contributed by atoms with Gasteiger partial charge >= 0.3 is 5.97 Å². The van der Waals surface area contributed by atoms with Crippen molar-refractivity contribution in [3.05, 3.63) is 53.6 Å². The first-order chi connectivity index (χ1) is 13.3. The molecule has 2 rings (SSSR count). The van der Waals surface area contributed by atoms with Gasteiger partial charge in [-0.25, -0.2) is 8.42 Å². The van der Waals surface area contributed by atoms with Crippen LogP contribution in [0.3, 0.4) is 0 Å². The third-order valence-electron chi connectivity index (χ3n) is 3.45. The maximum absolute atomic E-state index is 12.5. The highest BCUT2D eigenvalue weighted by Gasteiger charge is 2.15. The number of halogens is 1. The van der Waals surface area contributed by atoms with Crippen molar-refractivity contribution in [3.8, 4) is 0 Å². The first-order valence-corrected chi connectivity index (χ1v) is 11.1. The Labute approximate surface area is 172 Å². The number of hydrogen-bond donors (Lipinski definition) is 2. The largest absolute Gasteiger partial charge is 0.468 e. The Morgan fingerprint density at radius 1 is 1.11 bits per heavy atom. The molecular formula is C18H19ClN2O5S2. The monoisotopic (exact) mass is 442 g/mol. The first-order valence-electron chi connectivity index (χ1n) is 8.13. The molecule has 0 saturated carbocycles. The third kappa shape index (κ3) is 7.06. The number of methoxy groups -OCH3 is 1. The Morgan fingerprint density at radius 3 is 2.50 bits per heavy atom. The van der Waals surface area contributed by atoms with E-state index >= 15 is 0 Å². The maximum Gasteiger partial charge on any atom is 0.315 e. The lowest BCUT2D eigenvalue weighted by atomic mass is 10.3. The molecule has 0 unspecified atom stereocenters. The van der Waals surface area contributed by atoms with Gasteiger partial charge in [0.05, 0.1) is 17.8 Å². The van der Waals surface area contributed by atoms with E-state index in [1.807, 2.05) is 0 Å². The molecule has 0 saturated heterocycles. The zero-order valence-corrected chi connectivity index (χ0v) is 17.4. The molecule has 0 aliphatic heterocycles. The van der Waals surface area contributed by atoms with Crippen LogP contribution in [0.1, 0.15) is 6.42 Å². The number of hydrogen-bond acceptors (Lipinski definition) is 6. The fourth-order valence-electron chi connectivity index (χ4n) is 2.08. The summed E-state index contributed by atoms with van der Waals surface area (Å²) < 4.78 is 32.0. The lowest BCUT2D eigenvalue weighted by Crippen LogP contribution is -2.15. The van der Waals surface area contributed by atoms with Crippen LogP contribution in [0.15, 0.2) is 53.4 Å². The molecule has 150 valence electrons. The number of thioether (sulfide) groups is 1. The second-order valence-electron chi connectivity index (χ2n) is 5.57. The molecule has 0 heterocycles. The molecule has 0 atom stereocenters. The Morgan fingerprint density at radius 2 is 1.82 bits per heavy atom. The maximum atomic E-state index is 12.5. The minimum atomic E-state index is -3.82. The van der Waals surface area contributed by atoms with Crippen LogP contribution >= 0.6 is 23.4 Å². The number of amides is 1. The fourth-order valence-corrected chi connectivity index (χ4v) is 4.06. The van der Waals surface area contributed by atoms with Gasteiger partial charge in [0.15, 0.2) is 0 Å². The average Bonchev–Trinajstić information content (AvgIpc) is 2.67. The Kier molecular flexibility index (Phi) is 8.16. The van der Waals surface area contributed by atoms with E-state index in [1.165, 1.54) is 37.1 Å². The van der Waals surface area contributed by atoms with E-state index in [2.05, 4.69) is 14.8 Å². The normalized spacial score (nSPS) is 10.9. The molecule has 0 aliphatic rings. The second kappa shape index (κ2) is 10.4. The molecule has 0 fully saturated rings. The lowest BCUT2D eigenvalue weighted by Gasteiger charge is -2.10. The van der Waals surface area contributed by atoms with E-state index in [1.54, 1.807) is 30.3 Å². The molecule has 0 aliphatic carbocycles. The van der Waals surface area contributed by atoms with Gasteiger partial charge in [-0.1, -0.05) is 17.7 Å². The van der Waals surface area contributed by atoms with Crippen molar-refractivity contribution in [2.24, 2.45) is 0 Å². The van der Waals surface area contributed by atoms with Crippen molar-refractivity contribution in [1.82, 2.24) is 0 Å². The predicted molar refractivity (Wildman–Crippen MR) is 111 cm³/mol. The predicted octanol–water partition coefficient (Wildman–Crippen LogP) is 3.38. The number of benzene rings is 2. The molecule has 0 aromatic heterocycles. The summed E-state index contributed by atoms with van der Waals surface area (Å²) in [5, 5.41) is 3.15. The van der Waals surface area contributed by atoms with Crippen LogP contribution in [0.2, 0.25) is 5.02 Å². The highest BCUT2D eigenvalue weighted by molar-refractivity contribution is 7.99. The minimum absolute atomic E-state index is 0.0142. The van der Waals surface area contributed by atoms with Gasteiger partial charge in [0.1, 0.15) is 0 Å². The topological polar surface area (TPSA) is 102 Å². The van der Waals surface area contributed by atoms with Crippen LogP contribution in [0.5, 0.6) is 0 Å². The standard InChI is InChI=1S/C18H19ClN2O5S2/c1-26-18(23)12-27-10-9-17(22)20-15-3-2-4-16(11-15)28(24,25)21-14-7-5-13(19)6-8-14/h2-8,11,21H,9-10,12H2,1H3,(H,20,22). The summed E-state index contributed by atoms with van der Waals surface area (Å²) >= 11 is 7.08. The molecule has 1 amide bonds. The average molecular weight is 443 g/mol. The number of carbonyl (C=O) groups is 2. The zero-order valence-electron chi connectivity index (χ0n) is 15.0. The summed E-state index contributed by atoms with van der Waals surface area (Å²) in [6.45, 7) is 0. The summed E-state index contributed by atoms with van der Waals surface area (Å²) in [5.74, 6) is -0.0145. The first kappa shape index (κ1) is 22.1. The Hall–Kier alpha value is -2.23. The van der Waals surface area contributed by atoms with Crippen LogP contribution in [-0.4, -0.2) is 38.9 Å². The van der Waals surface area contributed by atoms with Crippen LogP contribution < -0.4 is 10.0 Å². The molecule has 0 bridgehead atoms. The highest BCUT2D eigenvalue weighted by Crippen LogP contribution is 2.21. The van der Waals surface area contributed by atoms with Crippen LogP contribution in [0.25, 0.3) is 0 Å². The number of rotatable bonds is 9. The summed E-state index contributed by atoms with van der Waals surface area (Å²) in [4.78, 5) is 23.0. The van der Waals surface area contributed by atoms with E-state index in [9.17, 15) is 18.0 Å². The van der Waals surface area contributed by atoms with Crippen molar-refractivity contribution in [2.45, 2.75) is 11.3 Å². The number of esters is 1. The molecule has 2 N–H and O–H groups in total. The van der Waals surface area contributed by atoms with Crippen molar-refractivity contribution >= 4 is 56.6 Å². The van der Waals surface area contributed by atoms with Gasteiger partial charge in [-0.05, 0) is 42.5 Å². The number of carbonyl (C=O) groups excluding carboxylic acids is 2. The van der Waals surface area contributed by atoms with Crippen LogP contribution in [0, 0.1) is 0 Å². The smallest absolute Gasteiger partial charge is 0.315 e. The SMILES string of the molecule is COC(=O)CSCCC(=O)Nc1cccc(S(=O)(=O)Nc2ccc(Cl)cc2)c1. The van der Waals surface area contributed by atoms with Gasteiger partial charge in [-0.15, -0.1) is 11.8 Å². The molecule has 28 heavy (non-hydrogen) atoms. The number of ether oxygens (including phenoxy) is 1. The molecule has 7 nitrogen and oxygen atoms in total. The highest BCUT2D eigenvalue weighted by atomic mass is 35.5. The zero-order chi connectivity index (χ0) is 20.6.